The second-order valence-electron chi connectivity index (χ2n) is 7.27. The van der Waals surface area contributed by atoms with E-state index in [0.717, 1.165) is 23.6 Å². The van der Waals surface area contributed by atoms with Crippen molar-refractivity contribution in [2.24, 2.45) is 0 Å². The number of hydrogen-bond acceptors (Lipinski definition) is 5. The van der Waals surface area contributed by atoms with Crippen molar-refractivity contribution >= 4 is 0 Å². The molecule has 1 aromatic heterocycles. The molecule has 3 aromatic rings. The number of ether oxygens (including phenoxy) is 2. The van der Waals surface area contributed by atoms with Crippen molar-refractivity contribution in [3.63, 3.8) is 0 Å². The van der Waals surface area contributed by atoms with Gasteiger partial charge in [0, 0.05) is 24.0 Å². The molecule has 1 fully saturated rings. The van der Waals surface area contributed by atoms with Crippen molar-refractivity contribution < 1.29 is 18.8 Å². The van der Waals surface area contributed by atoms with Crippen LogP contribution in [0.3, 0.4) is 0 Å². The largest absolute Gasteiger partial charge is 0.497 e. The number of rotatable bonds is 8. The SMILES string of the molecule is COc1ccc(C[NH+](C2CC2)[C@H](C)c2nnc(-c3ccc(OC)cc3)o2)cc1. The molecule has 4 rings (SSSR count). The average Bonchev–Trinajstić information content (AvgIpc) is 3.47. The third kappa shape index (κ3) is 4.02. The summed E-state index contributed by atoms with van der Waals surface area (Å²) < 4.78 is 16.5. The van der Waals surface area contributed by atoms with Gasteiger partial charge in [0.15, 0.2) is 6.04 Å². The molecule has 0 radical (unpaired) electrons. The number of nitrogens with one attached hydrogen (secondary N) is 1. The van der Waals surface area contributed by atoms with Crippen LogP contribution >= 0.6 is 0 Å². The highest BCUT2D eigenvalue weighted by atomic mass is 16.5. The first-order valence-electron chi connectivity index (χ1n) is 9.64. The predicted molar refractivity (Wildman–Crippen MR) is 105 cm³/mol. The minimum Gasteiger partial charge on any atom is -0.497 e. The first-order valence-corrected chi connectivity index (χ1v) is 9.64. The maximum absolute atomic E-state index is 6.03. The van der Waals surface area contributed by atoms with Crippen molar-refractivity contribution in [1.82, 2.24) is 10.2 Å². The highest BCUT2D eigenvalue weighted by Crippen LogP contribution is 2.24. The molecule has 1 aliphatic carbocycles. The zero-order valence-electron chi connectivity index (χ0n) is 16.5. The Morgan fingerprint density at radius 2 is 1.57 bits per heavy atom. The summed E-state index contributed by atoms with van der Waals surface area (Å²) >= 11 is 0. The zero-order valence-corrected chi connectivity index (χ0v) is 16.5. The van der Waals surface area contributed by atoms with Crippen molar-refractivity contribution in [3.8, 4) is 23.0 Å². The molecule has 0 spiro atoms. The van der Waals surface area contributed by atoms with Crippen LogP contribution in [-0.2, 0) is 6.54 Å². The van der Waals surface area contributed by atoms with Crippen molar-refractivity contribution in [1.29, 1.82) is 0 Å². The zero-order chi connectivity index (χ0) is 19.5. The molecule has 28 heavy (non-hydrogen) atoms. The lowest BCUT2D eigenvalue weighted by atomic mass is 10.1. The Labute approximate surface area is 165 Å². The molecule has 2 aromatic carbocycles. The van der Waals surface area contributed by atoms with Crippen LogP contribution in [0.4, 0.5) is 0 Å². The maximum Gasteiger partial charge on any atom is 0.274 e. The second-order valence-corrected chi connectivity index (χ2v) is 7.27. The molecule has 1 saturated carbocycles. The Bertz CT molecular complexity index is 902. The van der Waals surface area contributed by atoms with Crippen LogP contribution in [0.15, 0.2) is 52.9 Å². The summed E-state index contributed by atoms with van der Waals surface area (Å²) in [5, 5.41) is 8.61. The summed E-state index contributed by atoms with van der Waals surface area (Å²) in [6, 6.07) is 16.7. The van der Waals surface area contributed by atoms with E-state index in [1.807, 2.05) is 36.4 Å². The topological polar surface area (TPSA) is 61.8 Å². The van der Waals surface area contributed by atoms with E-state index in [2.05, 4.69) is 29.3 Å². The Hall–Kier alpha value is -2.86. The van der Waals surface area contributed by atoms with Gasteiger partial charge in [-0.05, 0) is 55.5 Å². The van der Waals surface area contributed by atoms with Crippen LogP contribution in [0, 0.1) is 0 Å². The quantitative estimate of drug-likeness (QED) is 0.651. The standard InChI is InChI=1S/C22H25N3O3/c1-15(21-23-24-22(28-21)17-6-12-20(27-3)13-7-17)25(18-8-9-18)14-16-4-10-19(26-2)11-5-16/h4-7,10-13,15,18H,8-9,14H2,1-3H3/p+1/t15-/m1/s1. The number of quaternary nitrogens is 1. The molecular weight excluding hydrogens is 354 g/mol. The number of hydrogen-bond donors (Lipinski definition) is 1. The molecular formula is C22H26N3O3+. The fourth-order valence-electron chi connectivity index (χ4n) is 3.50. The molecule has 0 saturated heterocycles. The lowest BCUT2D eigenvalue weighted by Crippen LogP contribution is -3.12. The van der Waals surface area contributed by atoms with Crippen LogP contribution in [0.25, 0.3) is 11.5 Å². The van der Waals surface area contributed by atoms with Gasteiger partial charge in [0.05, 0.1) is 20.3 Å². The summed E-state index contributed by atoms with van der Waals surface area (Å²) in [7, 11) is 3.34. The van der Waals surface area contributed by atoms with Gasteiger partial charge in [-0.15, -0.1) is 10.2 Å². The predicted octanol–water partition coefficient (Wildman–Crippen LogP) is 3.06. The van der Waals surface area contributed by atoms with Gasteiger partial charge < -0.3 is 18.8 Å². The molecule has 0 bridgehead atoms. The van der Waals surface area contributed by atoms with Gasteiger partial charge in [0.25, 0.3) is 5.89 Å². The van der Waals surface area contributed by atoms with Gasteiger partial charge in [-0.3, -0.25) is 0 Å². The van der Waals surface area contributed by atoms with E-state index in [1.54, 1.807) is 14.2 Å². The van der Waals surface area contributed by atoms with E-state index in [4.69, 9.17) is 13.9 Å². The van der Waals surface area contributed by atoms with Gasteiger partial charge in [-0.1, -0.05) is 0 Å². The second kappa shape index (κ2) is 8.02. The lowest BCUT2D eigenvalue weighted by Gasteiger charge is -2.23. The lowest BCUT2D eigenvalue weighted by molar-refractivity contribution is -0.955. The van der Waals surface area contributed by atoms with Crippen LogP contribution in [0.5, 0.6) is 11.5 Å². The molecule has 1 heterocycles. The van der Waals surface area contributed by atoms with Gasteiger partial charge in [0.1, 0.15) is 18.0 Å². The van der Waals surface area contributed by atoms with Gasteiger partial charge in [0.2, 0.25) is 5.89 Å². The highest BCUT2D eigenvalue weighted by Gasteiger charge is 2.39. The van der Waals surface area contributed by atoms with Gasteiger partial charge in [-0.2, -0.15) is 0 Å². The van der Waals surface area contributed by atoms with Crippen LogP contribution in [0.2, 0.25) is 0 Å². The minimum atomic E-state index is 0.133. The summed E-state index contributed by atoms with van der Waals surface area (Å²) in [6.45, 7) is 3.10. The molecule has 1 unspecified atom stereocenters. The maximum atomic E-state index is 6.03. The Kier molecular flexibility index (Phi) is 5.30. The van der Waals surface area contributed by atoms with E-state index in [-0.39, 0.29) is 6.04 Å². The smallest absolute Gasteiger partial charge is 0.274 e. The molecule has 6 heteroatoms. The molecule has 2 atom stereocenters. The number of methoxy groups -OCH3 is 2. The van der Waals surface area contributed by atoms with Crippen LogP contribution < -0.4 is 14.4 Å². The number of benzene rings is 2. The Morgan fingerprint density at radius 1 is 0.964 bits per heavy atom. The van der Waals surface area contributed by atoms with Gasteiger partial charge >= 0.3 is 0 Å². The van der Waals surface area contributed by atoms with E-state index in [1.165, 1.54) is 23.3 Å². The molecule has 1 aliphatic rings. The van der Waals surface area contributed by atoms with E-state index in [0.29, 0.717) is 17.8 Å². The number of aromatic nitrogens is 2. The summed E-state index contributed by atoms with van der Waals surface area (Å²) in [5.41, 5.74) is 2.18. The Balaban J connectivity index is 1.50. The van der Waals surface area contributed by atoms with E-state index >= 15 is 0 Å². The summed E-state index contributed by atoms with van der Waals surface area (Å²) in [6.07, 6.45) is 2.49. The van der Waals surface area contributed by atoms with E-state index < -0.39 is 0 Å². The molecule has 0 amide bonds. The van der Waals surface area contributed by atoms with Gasteiger partial charge in [-0.25, -0.2) is 0 Å². The monoisotopic (exact) mass is 380 g/mol. The first kappa shape index (κ1) is 18.5. The highest BCUT2D eigenvalue weighted by molar-refractivity contribution is 5.53. The van der Waals surface area contributed by atoms with Crippen molar-refractivity contribution in [2.75, 3.05) is 14.2 Å². The molecule has 146 valence electrons. The van der Waals surface area contributed by atoms with Crippen LogP contribution in [0.1, 0.15) is 37.3 Å². The summed E-state index contributed by atoms with van der Waals surface area (Å²) in [4.78, 5) is 1.47. The van der Waals surface area contributed by atoms with Crippen molar-refractivity contribution in [3.05, 3.63) is 60.0 Å². The average molecular weight is 380 g/mol. The molecule has 6 nitrogen and oxygen atoms in total. The summed E-state index contributed by atoms with van der Waals surface area (Å²) in [5.74, 6) is 2.91. The Morgan fingerprint density at radius 3 is 2.14 bits per heavy atom. The number of nitrogens with zero attached hydrogens (tertiary/aromatic N) is 2. The molecule has 1 N–H and O–H groups in total. The fraction of sp³-hybridized carbons (Fsp3) is 0.364. The minimum absolute atomic E-state index is 0.133. The fourth-order valence-corrected chi connectivity index (χ4v) is 3.50. The van der Waals surface area contributed by atoms with E-state index in [9.17, 15) is 0 Å². The third-order valence-electron chi connectivity index (χ3n) is 5.37. The normalized spacial score (nSPS) is 15.8. The molecule has 0 aliphatic heterocycles. The third-order valence-corrected chi connectivity index (χ3v) is 5.37. The van der Waals surface area contributed by atoms with Crippen molar-refractivity contribution in [2.45, 2.75) is 38.4 Å². The van der Waals surface area contributed by atoms with Crippen LogP contribution in [-0.4, -0.2) is 30.5 Å². The first-order chi connectivity index (χ1) is 13.7.